The molecule has 1 aromatic rings. The van der Waals surface area contributed by atoms with E-state index in [9.17, 15) is 13.2 Å². The first-order chi connectivity index (χ1) is 12.6. The summed E-state index contributed by atoms with van der Waals surface area (Å²) in [5.74, 6) is 5.19. The van der Waals surface area contributed by atoms with E-state index in [1.54, 1.807) is 0 Å². The van der Waals surface area contributed by atoms with Gasteiger partial charge in [-0.1, -0.05) is 44.4 Å². The molecule has 0 amide bonds. The molecule has 0 heterocycles. The highest BCUT2D eigenvalue weighted by Gasteiger charge is 2.30. The molecule has 0 aliphatic heterocycles. The molecular weight excluding hydrogens is 333 g/mol. The molecule has 3 rings (SSSR count). The first kappa shape index (κ1) is 19.3. The van der Waals surface area contributed by atoms with Gasteiger partial charge in [0.2, 0.25) is 0 Å². The monoisotopic (exact) mass is 362 g/mol. The van der Waals surface area contributed by atoms with E-state index < -0.39 is 17.5 Å². The maximum atomic E-state index is 13.3. The Bertz CT molecular complexity index is 631. The molecule has 1 aromatic carbocycles. The lowest BCUT2D eigenvalue weighted by molar-refractivity contribution is 0.154. The average Bonchev–Trinajstić information content (AvgIpc) is 2.66. The summed E-state index contributed by atoms with van der Waals surface area (Å²) in [5.41, 5.74) is 0.220. The standard InChI is InChI=1S/C23H29F3/c1-2-3-16-6-10-19(11-7-16)20-12-8-17(9-13-20)4-5-18-14-21(24)23(26)22(25)15-18/h14-17,19-20H,2-3,6-13H2,1H3/t16-,17?,19-,20?. The van der Waals surface area contributed by atoms with Gasteiger partial charge in [0.15, 0.2) is 17.5 Å². The van der Waals surface area contributed by atoms with Crippen LogP contribution in [0.1, 0.15) is 76.7 Å². The van der Waals surface area contributed by atoms with Gasteiger partial charge in [0.1, 0.15) is 0 Å². The predicted molar refractivity (Wildman–Crippen MR) is 99.0 cm³/mol. The van der Waals surface area contributed by atoms with E-state index >= 15 is 0 Å². The second-order valence-corrected chi connectivity index (χ2v) is 8.20. The highest BCUT2D eigenvalue weighted by molar-refractivity contribution is 5.35. The lowest BCUT2D eigenvalue weighted by Gasteiger charge is -2.37. The average molecular weight is 362 g/mol. The van der Waals surface area contributed by atoms with Crippen molar-refractivity contribution in [2.24, 2.45) is 23.7 Å². The van der Waals surface area contributed by atoms with Gasteiger partial charge in [-0.15, -0.1) is 0 Å². The lowest BCUT2D eigenvalue weighted by atomic mass is 9.69. The third kappa shape index (κ3) is 4.84. The minimum atomic E-state index is -1.43. The van der Waals surface area contributed by atoms with Gasteiger partial charge < -0.3 is 0 Å². The summed E-state index contributed by atoms with van der Waals surface area (Å²) < 4.78 is 39.5. The number of hydrogen-bond acceptors (Lipinski definition) is 0. The minimum Gasteiger partial charge on any atom is -0.204 e. The zero-order valence-corrected chi connectivity index (χ0v) is 15.7. The number of hydrogen-bond donors (Lipinski definition) is 0. The first-order valence-corrected chi connectivity index (χ1v) is 10.2. The van der Waals surface area contributed by atoms with Crippen molar-refractivity contribution in [1.29, 1.82) is 0 Å². The molecule has 0 aromatic heterocycles. The molecular formula is C23H29F3. The molecule has 0 saturated heterocycles. The molecule has 0 N–H and O–H groups in total. The molecule has 142 valence electrons. The quantitative estimate of drug-likeness (QED) is 0.406. The smallest absolute Gasteiger partial charge is 0.194 e. The summed E-state index contributed by atoms with van der Waals surface area (Å²) in [5, 5.41) is 0. The van der Waals surface area contributed by atoms with Crippen LogP contribution in [0.25, 0.3) is 0 Å². The van der Waals surface area contributed by atoms with Crippen molar-refractivity contribution in [2.75, 3.05) is 0 Å². The Morgan fingerprint density at radius 2 is 1.38 bits per heavy atom. The molecule has 3 heteroatoms. The first-order valence-electron chi connectivity index (χ1n) is 10.2. The van der Waals surface area contributed by atoms with Crippen LogP contribution >= 0.6 is 0 Å². The lowest BCUT2D eigenvalue weighted by Crippen LogP contribution is -2.25. The molecule has 2 saturated carbocycles. The zero-order valence-electron chi connectivity index (χ0n) is 15.7. The highest BCUT2D eigenvalue weighted by atomic mass is 19.2. The summed E-state index contributed by atoms with van der Waals surface area (Å²) in [7, 11) is 0. The molecule has 0 nitrogen and oxygen atoms in total. The number of halogens is 3. The Hall–Kier alpha value is -1.43. The highest BCUT2D eigenvalue weighted by Crippen LogP contribution is 2.42. The Labute approximate surface area is 155 Å². The van der Waals surface area contributed by atoms with Crippen molar-refractivity contribution in [3.63, 3.8) is 0 Å². The van der Waals surface area contributed by atoms with Gasteiger partial charge in [-0.05, 0) is 68.4 Å². The largest absolute Gasteiger partial charge is 0.204 e. The van der Waals surface area contributed by atoms with Crippen molar-refractivity contribution in [1.82, 2.24) is 0 Å². The molecule has 0 radical (unpaired) electrons. The van der Waals surface area contributed by atoms with Crippen molar-refractivity contribution >= 4 is 0 Å². The fourth-order valence-corrected chi connectivity index (χ4v) is 4.90. The molecule has 0 spiro atoms. The van der Waals surface area contributed by atoms with E-state index in [0.29, 0.717) is 5.92 Å². The summed E-state index contributed by atoms with van der Waals surface area (Å²) in [6, 6.07) is 1.96. The number of benzene rings is 1. The van der Waals surface area contributed by atoms with Gasteiger partial charge in [0, 0.05) is 11.5 Å². The van der Waals surface area contributed by atoms with Crippen molar-refractivity contribution in [3.8, 4) is 11.8 Å². The zero-order chi connectivity index (χ0) is 18.5. The summed E-state index contributed by atoms with van der Waals surface area (Å²) in [4.78, 5) is 0. The second kappa shape index (κ2) is 8.98. The van der Waals surface area contributed by atoms with Gasteiger partial charge in [-0.3, -0.25) is 0 Å². The molecule has 26 heavy (non-hydrogen) atoms. The second-order valence-electron chi connectivity index (χ2n) is 8.20. The van der Waals surface area contributed by atoms with Crippen molar-refractivity contribution < 1.29 is 13.2 Å². The number of rotatable bonds is 3. The Morgan fingerprint density at radius 1 is 0.846 bits per heavy atom. The Balaban J connectivity index is 1.49. The third-order valence-electron chi connectivity index (χ3n) is 6.43. The molecule has 0 unspecified atom stereocenters. The topological polar surface area (TPSA) is 0 Å². The Morgan fingerprint density at radius 3 is 1.92 bits per heavy atom. The van der Waals surface area contributed by atoms with E-state index in [4.69, 9.17) is 0 Å². The van der Waals surface area contributed by atoms with Crippen LogP contribution in [0.15, 0.2) is 12.1 Å². The van der Waals surface area contributed by atoms with Crippen molar-refractivity contribution in [3.05, 3.63) is 35.1 Å². The van der Waals surface area contributed by atoms with E-state index in [2.05, 4.69) is 18.8 Å². The molecule has 2 aliphatic carbocycles. The van der Waals surface area contributed by atoms with Crippen LogP contribution < -0.4 is 0 Å². The summed E-state index contributed by atoms with van der Waals surface area (Å²) >= 11 is 0. The van der Waals surface area contributed by atoms with E-state index in [1.807, 2.05) is 0 Å². The van der Waals surface area contributed by atoms with E-state index in [0.717, 1.165) is 42.7 Å². The third-order valence-corrected chi connectivity index (χ3v) is 6.43. The van der Waals surface area contributed by atoms with Crippen LogP contribution in [0.2, 0.25) is 0 Å². The van der Waals surface area contributed by atoms with Crippen LogP contribution in [0, 0.1) is 53.0 Å². The SMILES string of the molecule is CCC[C@H]1CC[C@H](C2CCC(C#Cc3cc(F)c(F)c(F)c3)CC2)CC1. The van der Waals surface area contributed by atoms with Crippen LogP contribution in [0.3, 0.4) is 0 Å². The molecule has 0 bridgehead atoms. The maximum Gasteiger partial charge on any atom is 0.194 e. The van der Waals surface area contributed by atoms with E-state index in [-0.39, 0.29) is 5.56 Å². The van der Waals surface area contributed by atoms with Gasteiger partial charge in [0.05, 0.1) is 0 Å². The predicted octanol–water partition coefficient (Wildman–Crippen LogP) is 6.87. The Kier molecular flexibility index (Phi) is 6.68. The minimum absolute atomic E-state index is 0.220. The fraction of sp³-hybridized carbons (Fsp3) is 0.652. The van der Waals surface area contributed by atoms with Gasteiger partial charge in [0.25, 0.3) is 0 Å². The summed E-state index contributed by atoms with van der Waals surface area (Å²) in [6.07, 6.45) is 12.8. The van der Waals surface area contributed by atoms with Gasteiger partial charge in [-0.25, -0.2) is 13.2 Å². The molecule has 0 atom stereocenters. The fourth-order valence-electron chi connectivity index (χ4n) is 4.90. The van der Waals surface area contributed by atoms with Crippen LogP contribution in [-0.4, -0.2) is 0 Å². The van der Waals surface area contributed by atoms with Gasteiger partial charge in [-0.2, -0.15) is 0 Å². The normalized spacial score (nSPS) is 29.1. The van der Waals surface area contributed by atoms with Crippen LogP contribution in [0.5, 0.6) is 0 Å². The van der Waals surface area contributed by atoms with E-state index in [1.165, 1.54) is 51.4 Å². The molecule has 2 aliphatic rings. The van der Waals surface area contributed by atoms with Crippen molar-refractivity contribution in [2.45, 2.75) is 71.1 Å². The van der Waals surface area contributed by atoms with Crippen LogP contribution in [0.4, 0.5) is 13.2 Å². The summed E-state index contributed by atoms with van der Waals surface area (Å²) in [6.45, 7) is 2.28. The maximum absolute atomic E-state index is 13.3. The van der Waals surface area contributed by atoms with Crippen LogP contribution in [-0.2, 0) is 0 Å². The van der Waals surface area contributed by atoms with Gasteiger partial charge >= 0.3 is 0 Å². The molecule has 2 fully saturated rings.